The van der Waals surface area contributed by atoms with Crippen LogP contribution in [-0.2, 0) is 14.3 Å². The zero-order chi connectivity index (χ0) is 19.3. The zero-order valence-corrected chi connectivity index (χ0v) is 15.3. The number of rotatable bonds is 7. The van der Waals surface area contributed by atoms with E-state index in [2.05, 4.69) is 0 Å². The third-order valence-corrected chi connectivity index (χ3v) is 3.98. The van der Waals surface area contributed by atoms with Crippen LogP contribution in [-0.4, -0.2) is 22.0 Å². The highest BCUT2D eigenvalue weighted by molar-refractivity contribution is 5.92. The Morgan fingerprint density at radius 2 is 1.96 bits per heavy atom. The first-order valence-electron chi connectivity index (χ1n) is 8.53. The number of benzene rings is 1. The van der Waals surface area contributed by atoms with Crippen LogP contribution in [0.4, 0.5) is 0 Å². The summed E-state index contributed by atoms with van der Waals surface area (Å²) in [7, 11) is 0. The summed E-state index contributed by atoms with van der Waals surface area (Å²) in [5.74, 6) is -0.399. The van der Waals surface area contributed by atoms with Gasteiger partial charge in [0, 0.05) is 17.6 Å². The summed E-state index contributed by atoms with van der Waals surface area (Å²) in [6.45, 7) is 5.66. The number of allylic oxidation sites excluding steroid dienone is 4. The van der Waals surface area contributed by atoms with Crippen molar-refractivity contribution in [3.05, 3.63) is 58.7 Å². The van der Waals surface area contributed by atoms with Crippen molar-refractivity contribution in [2.24, 2.45) is 0 Å². The minimum atomic E-state index is -0.700. The molecule has 5 heteroatoms. The molecule has 0 aliphatic carbocycles. The molecule has 0 aromatic heterocycles. The highest BCUT2D eigenvalue weighted by atomic mass is 16.5. The quantitative estimate of drug-likeness (QED) is 0.330. The van der Waals surface area contributed by atoms with Gasteiger partial charge >= 0.3 is 5.97 Å². The maximum atomic E-state index is 12.0. The molecule has 138 valence electrons. The number of esters is 1. The van der Waals surface area contributed by atoms with Crippen molar-refractivity contribution in [3.63, 3.8) is 0 Å². The number of phenolic OH excluding ortho intramolecular Hbond substituents is 2. The first-order valence-corrected chi connectivity index (χ1v) is 8.53. The van der Waals surface area contributed by atoms with Crippen LogP contribution in [0.2, 0.25) is 0 Å². The SMILES string of the molecule is CC(C)=CC(=O)C/C(C)=C/CCC1=C[C@H](c2cc(O)ccc2O)OC1=O. The van der Waals surface area contributed by atoms with E-state index in [4.69, 9.17) is 4.74 Å². The number of cyclic esters (lactones) is 1. The van der Waals surface area contributed by atoms with Gasteiger partial charge in [-0.05, 0) is 64.0 Å². The third kappa shape index (κ3) is 5.34. The number of carbonyl (C=O) groups is 2. The van der Waals surface area contributed by atoms with Crippen LogP contribution in [0.25, 0.3) is 0 Å². The molecule has 0 radical (unpaired) electrons. The first-order chi connectivity index (χ1) is 12.3. The lowest BCUT2D eigenvalue weighted by Crippen LogP contribution is -2.02. The number of ketones is 1. The van der Waals surface area contributed by atoms with Crippen LogP contribution >= 0.6 is 0 Å². The number of carbonyl (C=O) groups excluding carboxylic acids is 2. The fraction of sp³-hybridized carbons (Fsp3) is 0.333. The molecule has 1 atom stereocenters. The first kappa shape index (κ1) is 19.5. The molecule has 1 aromatic carbocycles. The fourth-order valence-corrected chi connectivity index (χ4v) is 2.78. The summed E-state index contributed by atoms with van der Waals surface area (Å²) < 4.78 is 5.28. The van der Waals surface area contributed by atoms with Crippen molar-refractivity contribution < 1.29 is 24.5 Å². The van der Waals surface area contributed by atoms with E-state index in [1.807, 2.05) is 26.8 Å². The van der Waals surface area contributed by atoms with Gasteiger partial charge in [-0.3, -0.25) is 4.79 Å². The zero-order valence-electron chi connectivity index (χ0n) is 15.3. The smallest absolute Gasteiger partial charge is 0.334 e. The normalized spacial score (nSPS) is 16.9. The summed E-state index contributed by atoms with van der Waals surface area (Å²) in [6.07, 6.45) is 6.01. The lowest BCUT2D eigenvalue weighted by atomic mass is 10.0. The van der Waals surface area contributed by atoms with E-state index < -0.39 is 12.1 Å². The molecule has 1 aliphatic heterocycles. The highest BCUT2D eigenvalue weighted by Crippen LogP contribution is 2.36. The molecule has 0 amide bonds. The molecule has 1 aliphatic rings. The van der Waals surface area contributed by atoms with Gasteiger partial charge in [-0.2, -0.15) is 0 Å². The molecule has 5 nitrogen and oxygen atoms in total. The van der Waals surface area contributed by atoms with Crippen LogP contribution < -0.4 is 0 Å². The van der Waals surface area contributed by atoms with E-state index in [-0.39, 0.29) is 17.3 Å². The monoisotopic (exact) mass is 356 g/mol. The summed E-state index contributed by atoms with van der Waals surface area (Å²) >= 11 is 0. The second-order valence-electron chi connectivity index (χ2n) is 6.71. The van der Waals surface area contributed by atoms with Crippen molar-refractivity contribution in [2.45, 2.75) is 46.1 Å². The van der Waals surface area contributed by atoms with E-state index in [9.17, 15) is 19.8 Å². The largest absolute Gasteiger partial charge is 0.508 e. The van der Waals surface area contributed by atoms with Crippen molar-refractivity contribution in [1.82, 2.24) is 0 Å². The summed E-state index contributed by atoms with van der Waals surface area (Å²) in [5.41, 5.74) is 2.81. The van der Waals surface area contributed by atoms with E-state index in [1.54, 1.807) is 12.2 Å². The Labute approximate surface area is 153 Å². The predicted molar refractivity (Wildman–Crippen MR) is 98.7 cm³/mol. The van der Waals surface area contributed by atoms with Gasteiger partial charge in [0.15, 0.2) is 5.78 Å². The summed E-state index contributed by atoms with van der Waals surface area (Å²) in [5, 5.41) is 19.4. The standard InChI is InChI=1S/C21H24O5/c1-13(2)9-17(23)10-14(3)5-4-6-15-11-20(26-21(15)25)18-12-16(22)7-8-19(18)24/h5,7-9,11-12,20,22,24H,4,6,10H2,1-3H3/b14-5+/t20-/m1/s1. The lowest BCUT2D eigenvalue weighted by Gasteiger charge is -2.10. The van der Waals surface area contributed by atoms with Crippen LogP contribution in [0.1, 0.15) is 51.7 Å². The van der Waals surface area contributed by atoms with Gasteiger partial charge < -0.3 is 14.9 Å². The summed E-state index contributed by atoms with van der Waals surface area (Å²) in [6, 6.07) is 4.11. The average Bonchev–Trinajstić information content (AvgIpc) is 2.89. The predicted octanol–water partition coefficient (Wildman–Crippen LogP) is 4.27. The van der Waals surface area contributed by atoms with Gasteiger partial charge in [0.05, 0.1) is 0 Å². The number of phenols is 2. The second-order valence-corrected chi connectivity index (χ2v) is 6.71. The Morgan fingerprint density at radius 3 is 2.65 bits per heavy atom. The molecule has 26 heavy (non-hydrogen) atoms. The van der Waals surface area contributed by atoms with Crippen molar-refractivity contribution >= 4 is 11.8 Å². The molecule has 1 aromatic rings. The Hall–Kier alpha value is -2.82. The van der Waals surface area contributed by atoms with Gasteiger partial charge in [0.2, 0.25) is 0 Å². The van der Waals surface area contributed by atoms with Crippen LogP contribution in [0.3, 0.4) is 0 Å². The van der Waals surface area contributed by atoms with Crippen molar-refractivity contribution in [2.75, 3.05) is 0 Å². The van der Waals surface area contributed by atoms with E-state index in [0.29, 0.717) is 30.4 Å². The van der Waals surface area contributed by atoms with Crippen LogP contribution in [0.5, 0.6) is 11.5 Å². The Kier molecular flexibility index (Phi) is 6.39. The highest BCUT2D eigenvalue weighted by Gasteiger charge is 2.28. The molecule has 0 saturated carbocycles. The Morgan fingerprint density at radius 1 is 1.23 bits per heavy atom. The van der Waals surface area contributed by atoms with Gasteiger partial charge in [0.1, 0.15) is 17.6 Å². The molecule has 0 fully saturated rings. The Bertz CT molecular complexity index is 795. The average molecular weight is 356 g/mol. The summed E-state index contributed by atoms with van der Waals surface area (Å²) in [4.78, 5) is 23.8. The molecule has 1 heterocycles. The number of hydrogen-bond donors (Lipinski definition) is 2. The van der Waals surface area contributed by atoms with Crippen molar-refractivity contribution in [1.29, 1.82) is 0 Å². The molecule has 0 bridgehead atoms. The minimum Gasteiger partial charge on any atom is -0.508 e. The van der Waals surface area contributed by atoms with Gasteiger partial charge in [-0.25, -0.2) is 4.79 Å². The second kappa shape index (κ2) is 8.52. The lowest BCUT2D eigenvalue weighted by molar-refractivity contribution is -0.140. The number of hydrogen-bond acceptors (Lipinski definition) is 5. The van der Waals surface area contributed by atoms with Crippen molar-refractivity contribution in [3.8, 4) is 11.5 Å². The van der Waals surface area contributed by atoms with E-state index in [1.165, 1.54) is 18.2 Å². The molecule has 0 saturated heterocycles. The molecule has 0 spiro atoms. The van der Waals surface area contributed by atoms with E-state index in [0.717, 1.165) is 11.1 Å². The molecule has 2 rings (SSSR count). The van der Waals surface area contributed by atoms with Gasteiger partial charge in [-0.15, -0.1) is 0 Å². The maximum Gasteiger partial charge on any atom is 0.334 e. The van der Waals surface area contributed by atoms with Crippen LogP contribution in [0.15, 0.2) is 53.1 Å². The third-order valence-electron chi connectivity index (χ3n) is 3.98. The van der Waals surface area contributed by atoms with Gasteiger partial charge in [-0.1, -0.05) is 17.2 Å². The van der Waals surface area contributed by atoms with Gasteiger partial charge in [0.25, 0.3) is 0 Å². The molecule has 0 unspecified atom stereocenters. The van der Waals surface area contributed by atoms with E-state index >= 15 is 0 Å². The molecular weight excluding hydrogens is 332 g/mol. The van der Waals surface area contributed by atoms with Crippen LogP contribution in [0, 0.1) is 0 Å². The fourth-order valence-electron chi connectivity index (χ4n) is 2.78. The number of ether oxygens (including phenoxy) is 1. The maximum absolute atomic E-state index is 12.0. The number of aromatic hydroxyl groups is 2. The minimum absolute atomic E-state index is 0.00436. The topological polar surface area (TPSA) is 83.8 Å². The molecular formula is C21H24O5. The molecule has 2 N–H and O–H groups in total. The Balaban J connectivity index is 1.98.